The number of methoxy groups -OCH3 is 1. The van der Waals surface area contributed by atoms with Crippen molar-refractivity contribution in [2.75, 3.05) is 19.5 Å². The summed E-state index contributed by atoms with van der Waals surface area (Å²) < 4.78 is 10.4. The molecule has 1 aromatic rings. The molecule has 0 heterocycles. The second-order valence-electron chi connectivity index (χ2n) is 4.24. The minimum absolute atomic E-state index is 0.378. The average Bonchev–Trinajstić information content (AvgIpc) is 2.40. The Kier molecular flexibility index (Phi) is 5.49. The predicted molar refractivity (Wildman–Crippen MR) is 71.8 cm³/mol. The summed E-state index contributed by atoms with van der Waals surface area (Å²) in [5.41, 5.74) is 6.56. The fourth-order valence-electron chi connectivity index (χ4n) is 1.67. The number of benzene rings is 1. The Morgan fingerprint density at radius 3 is 2.56 bits per heavy atom. The Labute approximate surface area is 108 Å². The maximum atomic E-state index is 11.6. The van der Waals surface area contributed by atoms with Crippen LogP contribution in [0.4, 0.5) is 5.69 Å². The first-order valence-corrected chi connectivity index (χ1v) is 6.22. The summed E-state index contributed by atoms with van der Waals surface area (Å²) in [6.07, 6.45) is 2.11. The molecule has 2 N–H and O–H groups in total. The predicted octanol–water partition coefficient (Wildman–Crippen LogP) is 2.87. The monoisotopic (exact) mass is 251 g/mol. The van der Waals surface area contributed by atoms with Crippen LogP contribution in [0.1, 0.15) is 37.0 Å². The van der Waals surface area contributed by atoms with E-state index in [2.05, 4.69) is 13.8 Å². The molecular weight excluding hydrogens is 230 g/mol. The summed E-state index contributed by atoms with van der Waals surface area (Å²) >= 11 is 0. The summed E-state index contributed by atoms with van der Waals surface area (Å²) in [5, 5.41) is 0. The van der Waals surface area contributed by atoms with Crippen molar-refractivity contribution in [3.63, 3.8) is 0 Å². The second kappa shape index (κ2) is 6.89. The molecule has 0 unspecified atom stereocenters. The zero-order valence-electron chi connectivity index (χ0n) is 11.2. The van der Waals surface area contributed by atoms with Gasteiger partial charge in [0.1, 0.15) is 11.3 Å². The van der Waals surface area contributed by atoms with Gasteiger partial charge in [-0.25, -0.2) is 4.79 Å². The van der Waals surface area contributed by atoms with E-state index in [-0.39, 0.29) is 0 Å². The largest absolute Gasteiger partial charge is 0.492 e. The van der Waals surface area contributed by atoms with Crippen molar-refractivity contribution in [1.29, 1.82) is 0 Å². The van der Waals surface area contributed by atoms with E-state index in [1.165, 1.54) is 7.11 Å². The van der Waals surface area contributed by atoms with E-state index in [0.717, 1.165) is 12.8 Å². The van der Waals surface area contributed by atoms with Crippen molar-refractivity contribution in [3.8, 4) is 5.75 Å². The lowest BCUT2D eigenvalue weighted by atomic mass is 10.1. The van der Waals surface area contributed by atoms with E-state index in [4.69, 9.17) is 15.2 Å². The Morgan fingerprint density at radius 1 is 1.33 bits per heavy atom. The van der Waals surface area contributed by atoms with Crippen molar-refractivity contribution in [3.05, 3.63) is 23.8 Å². The highest BCUT2D eigenvalue weighted by Crippen LogP contribution is 2.23. The molecule has 0 saturated heterocycles. The van der Waals surface area contributed by atoms with E-state index in [0.29, 0.717) is 29.5 Å². The maximum absolute atomic E-state index is 11.6. The molecule has 0 saturated carbocycles. The molecule has 0 aliphatic carbocycles. The fraction of sp³-hybridized carbons (Fsp3) is 0.500. The molecule has 4 nitrogen and oxygen atoms in total. The molecule has 0 spiro atoms. The lowest BCUT2D eigenvalue weighted by Crippen LogP contribution is -2.13. The zero-order chi connectivity index (χ0) is 13.5. The highest BCUT2D eigenvalue weighted by Gasteiger charge is 2.14. The number of nitrogens with two attached hydrogens (primary N) is 1. The molecule has 0 aliphatic heterocycles. The number of carbonyl (C=O) groups is 1. The number of hydrogen-bond acceptors (Lipinski definition) is 4. The standard InChI is InChI=1S/C14H21NO3/c1-4-10(5-2)9-18-13-7-6-11(15)8-12(13)14(16)17-3/h6-8,10H,4-5,9,15H2,1-3H3. The summed E-state index contributed by atoms with van der Waals surface area (Å²) in [4.78, 5) is 11.6. The minimum atomic E-state index is -0.429. The van der Waals surface area contributed by atoms with Crippen LogP contribution in [0.3, 0.4) is 0 Å². The van der Waals surface area contributed by atoms with E-state index in [1.54, 1.807) is 18.2 Å². The van der Waals surface area contributed by atoms with Crippen molar-refractivity contribution < 1.29 is 14.3 Å². The highest BCUT2D eigenvalue weighted by atomic mass is 16.5. The first-order valence-electron chi connectivity index (χ1n) is 6.22. The Morgan fingerprint density at radius 2 is 2.00 bits per heavy atom. The molecule has 0 amide bonds. The topological polar surface area (TPSA) is 61.5 Å². The van der Waals surface area contributed by atoms with Gasteiger partial charge in [0.05, 0.1) is 13.7 Å². The van der Waals surface area contributed by atoms with Crippen molar-refractivity contribution in [1.82, 2.24) is 0 Å². The number of esters is 1. The average molecular weight is 251 g/mol. The van der Waals surface area contributed by atoms with Crippen LogP contribution in [-0.4, -0.2) is 19.7 Å². The number of ether oxygens (including phenoxy) is 2. The first kappa shape index (κ1) is 14.4. The van der Waals surface area contributed by atoms with Crippen LogP contribution in [0.2, 0.25) is 0 Å². The number of carbonyl (C=O) groups excluding carboxylic acids is 1. The van der Waals surface area contributed by atoms with Crippen molar-refractivity contribution in [2.45, 2.75) is 26.7 Å². The number of hydrogen-bond donors (Lipinski definition) is 1. The van der Waals surface area contributed by atoms with Gasteiger partial charge in [-0.3, -0.25) is 0 Å². The molecule has 0 aliphatic rings. The van der Waals surface area contributed by atoms with Crippen molar-refractivity contribution in [2.24, 2.45) is 5.92 Å². The van der Waals surface area contributed by atoms with Crippen LogP contribution in [0.25, 0.3) is 0 Å². The van der Waals surface area contributed by atoms with Gasteiger partial charge in [-0.2, -0.15) is 0 Å². The summed E-state index contributed by atoms with van der Waals surface area (Å²) in [5.74, 6) is 0.595. The number of nitrogen functional groups attached to an aromatic ring is 1. The van der Waals surface area contributed by atoms with Gasteiger partial charge in [-0.05, 0) is 24.1 Å². The number of rotatable bonds is 6. The molecule has 1 aromatic carbocycles. The van der Waals surface area contributed by atoms with E-state index < -0.39 is 5.97 Å². The maximum Gasteiger partial charge on any atom is 0.341 e. The van der Waals surface area contributed by atoms with Gasteiger partial charge in [0, 0.05) is 5.69 Å². The molecule has 18 heavy (non-hydrogen) atoms. The summed E-state index contributed by atoms with van der Waals surface area (Å²) in [6.45, 7) is 4.85. The van der Waals surface area contributed by atoms with Gasteiger partial charge >= 0.3 is 5.97 Å². The van der Waals surface area contributed by atoms with E-state index in [1.807, 2.05) is 0 Å². The van der Waals surface area contributed by atoms with Crippen LogP contribution >= 0.6 is 0 Å². The third kappa shape index (κ3) is 3.65. The van der Waals surface area contributed by atoms with Crippen molar-refractivity contribution >= 4 is 11.7 Å². The Balaban J connectivity index is 2.84. The first-order chi connectivity index (χ1) is 8.62. The molecule has 0 fully saturated rings. The fourth-order valence-corrected chi connectivity index (χ4v) is 1.67. The van der Waals surface area contributed by atoms with Gasteiger partial charge < -0.3 is 15.2 Å². The van der Waals surface area contributed by atoms with Gasteiger partial charge in [0.15, 0.2) is 0 Å². The molecule has 4 heteroatoms. The number of anilines is 1. The third-order valence-electron chi connectivity index (χ3n) is 3.04. The van der Waals surface area contributed by atoms with Gasteiger partial charge in [-0.15, -0.1) is 0 Å². The van der Waals surface area contributed by atoms with Gasteiger partial charge in [-0.1, -0.05) is 26.7 Å². The molecular formula is C14H21NO3. The molecule has 0 aromatic heterocycles. The van der Waals surface area contributed by atoms with Crippen LogP contribution < -0.4 is 10.5 Å². The second-order valence-corrected chi connectivity index (χ2v) is 4.24. The van der Waals surface area contributed by atoms with Gasteiger partial charge in [0.2, 0.25) is 0 Å². The smallest absolute Gasteiger partial charge is 0.341 e. The van der Waals surface area contributed by atoms with Crippen LogP contribution in [0, 0.1) is 5.92 Å². The SMILES string of the molecule is CCC(CC)COc1ccc(N)cc1C(=O)OC. The lowest BCUT2D eigenvalue weighted by Gasteiger charge is -2.15. The summed E-state index contributed by atoms with van der Waals surface area (Å²) in [7, 11) is 1.34. The van der Waals surface area contributed by atoms with Crippen LogP contribution in [0.5, 0.6) is 5.75 Å². The molecule has 0 bridgehead atoms. The molecule has 0 radical (unpaired) electrons. The molecule has 100 valence electrons. The normalized spacial score (nSPS) is 10.4. The van der Waals surface area contributed by atoms with Crippen LogP contribution in [-0.2, 0) is 4.74 Å². The zero-order valence-corrected chi connectivity index (χ0v) is 11.2. The minimum Gasteiger partial charge on any atom is -0.492 e. The van der Waals surface area contributed by atoms with Gasteiger partial charge in [0.25, 0.3) is 0 Å². The Bertz CT molecular complexity index is 400. The molecule has 0 atom stereocenters. The lowest BCUT2D eigenvalue weighted by molar-refractivity contribution is 0.0595. The Hall–Kier alpha value is -1.71. The van der Waals surface area contributed by atoms with Crippen LogP contribution in [0.15, 0.2) is 18.2 Å². The highest BCUT2D eigenvalue weighted by molar-refractivity contribution is 5.93. The summed E-state index contributed by atoms with van der Waals surface area (Å²) in [6, 6.07) is 5.01. The molecule has 1 rings (SSSR count). The third-order valence-corrected chi connectivity index (χ3v) is 3.04. The van der Waals surface area contributed by atoms with E-state index >= 15 is 0 Å². The van der Waals surface area contributed by atoms with E-state index in [9.17, 15) is 4.79 Å². The quantitative estimate of drug-likeness (QED) is 0.623.